The summed E-state index contributed by atoms with van der Waals surface area (Å²) in [5, 5.41) is 26.8. The first-order valence-corrected chi connectivity index (χ1v) is 24.7. The molecular weight excluding hydrogens is 903 g/mol. The van der Waals surface area contributed by atoms with E-state index >= 15 is 0 Å². The summed E-state index contributed by atoms with van der Waals surface area (Å²) < 4.78 is 6.95. The summed E-state index contributed by atoms with van der Waals surface area (Å²) in [5.74, 6) is 0.697. The average Bonchev–Trinajstić information content (AvgIpc) is 4.10. The van der Waals surface area contributed by atoms with E-state index < -0.39 is 0 Å². The molecule has 0 aliphatic rings. The molecule has 344 valence electrons. The number of para-hydroxylation sites is 3. The maximum absolute atomic E-state index is 10.2. The molecule has 0 atom stereocenters. The normalized spacial score (nSPS) is 11.6. The lowest BCUT2D eigenvalue weighted by atomic mass is 9.94. The van der Waals surface area contributed by atoms with Crippen molar-refractivity contribution in [1.82, 2.24) is 23.7 Å². The van der Waals surface area contributed by atoms with Gasteiger partial charge in [0, 0.05) is 60.3 Å². The Bertz CT molecular complexity index is 4690. The van der Waals surface area contributed by atoms with E-state index in [0.29, 0.717) is 16.9 Å². The lowest BCUT2D eigenvalue weighted by molar-refractivity contribution is 1.03. The summed E-state index contributed by atoms with van der Waals surface area (Å²) in [6.07, 6.45) is 0. The van der Waals surface area contributed by atoms with Gasteiger partial charge in [-0.05, 0) is 110 Å². The first kappa shape index (κ1) is 42.5. The molecule has 0 saturated carbocycles. The van der Waals surface area contributed by atoms with Crippen molar-refractivity contribution in [2.45, 2.75) is 6.92 Å². The largest absolute Gasteiger partial charge is 0.309 e. The Morgan fingerprint density at radius 2 is 0.838 bits per heavy atom. The first-order valence-electron chi connectivity index (χ1n) is 24.7. The van der Waals surface area contributed by atoms with Gasteiger partial charge in [-0.15, -0.1) is 0 Å². The van der Waals surface area contributed by atoms with E-state index in [1.165, 1.54) is 16.3 Å². The number of benzene rings is 9. The molecule has 5 aromatic heterocycles. The van der Waals surface area contributed by atoms with Gasteiger partial charge < -0.3 is 9.13 Å². The summed E-state index contributed by atoms with van der Waals surface area (Å²) >= 11 is 0. The summed E-state index contributed by atoms with van der Waals surface area (Å²) in [4.78, 5) is 11.2. The van der Waals surface area contributed by atoms with Crippen LogP contribution in [0.5, 0.6) is 0 Å². The van der Waals surface area contributed by atoms with Crippen LogP contribution in [0.1, 0.15) is 16.7 Å². The van der Waals surface area contributed by atoms with Crippen LogP contribution >= 0.6 is 0 Å². The molecular formula is C67H41N7. The zero-order chi connectivity index (χ0) is 49.4. The molecule has 0 fully saturated rings. The highest BCUT2D eigenvalue weighted by atomic mass is 15.1. The topological polar surface area (TPSA) is 88.1 Å². The van der Waals surface area contributed by atoms with E-state index in [4.69, 9.17) is 9.97 Å². The van der Waals surface area contributed by atoms with E-state index in [9.17, 15) is 10.5 Å². The minimum absolute atomic E-state index is 0.580. The Kier molecular flexibility index (Phi) is 9.72. The summed E-state index contributed by atoms with van der Waals surface area (Å²) in [5.41, 5.74) is 17.7. The quantitative estimate of drug-likeness (QED) is 0.159. The zero-order valence-electron chi connectivity index (χ0n) is 40.1. The molecule has 0 aliphatic carbocycles. The Morgan fingerprint density at radius 3 is 1.50 bits per heavy atom. The molecule has 0 aliphatic heterocycles. The van der Waals surface area contributed by atoms with E-state index in [-0.39, 0.29) is 0 Å². The van der Waals surface area contributed by atoms with Crippen molar-refractivity contribution >= 4 is 65.4 Å². The number of nitriles is 2. The fraction of sp³-hybridized carbons (Fsp3) is 0.0149. The standard InChI is InChI=1S/C67H41N7/c1-42-26-33-63-53(36-42)50-18-7-10-23-60(50)72(63)47-31-29-46(30-32-47)59-39-56(48-16-5-6-17-49(48)58-22-13-21-57(70-58)45-14-3-2-4-15-45)66(73-61-24-11-8-19-51(61)54-37-43(40-68)27-34-64(54)73)67(71-59)74-62-25-12-9-20-52(62)55-38-44(41-69)28-35-65(55)74/h2-39H,1H3. The van der Waals surface area contributed by atoms with Gasteiger partial charge in [-0.25, -0.2) is 9.97 Å². The molecule has 0 amide bonds. The molecule has 7 heteroatoms. The maximum Gasteiger partial charge on any atom is 0.163 e. The third-order valence-electron chi connectivity index (χ3n) is 14.6. The van der Waals surface area contributed by atoms with Gasteiger partial charge >= 0.3 is 0 Å². The van der Waals surface area contributed by atoms with Crippen molar-refractivity contribution in [3.8, 4) is 74.2 Å². The third kappa shape index (κ3) is 6.65. The Balaban J connectivity index is 1.11. The van der Waals surface area contributed by atoms with Crippen LogP contribution in [0.2, 0.25) is 0 Å². The van der Waals surface area contributed by atoms with Crippen molar-refractivity contribution in [3.05, 3.63) is 247 Å². The molecule has 0 N–H and O–H groups in total. The highest BCUT2D eigenvalue weighted by Gasteiger charge is 2.27. The van der Waals surface area contributed by atoms with Crippen molar-refractivity contribution in [2.24, 2.45) is 0 Å². The number of aryl methyl sites for hydroxylation is 1. The number of hydrogen-bond acceptors (Lipinski definition) is 4. The molecule has 7 nitrogen and oxygen atoms in total. The van der Waals surface area contributed by atoms with Crippen LogP contribution in [0, 0.1) is 29.6 Å². The zero-order valence-corrected chi connectivity index (χ0v) is 40.1. The third-order valence-corrected chi connectivity index (χ3v) is 14.6. The van der Waals surface area contributed by atoms with Crippen LogP contribution in [0.4, 0.5) is 0 Å². The molecule has 9 aromatic carbocycles. The second kappa shape index (κ2) is 16.9. The molecule has 0 unspecified atom stereocenters. The van der Waals surface area contributed by atoms with E-state index in [1.54, 1.807) is 0 Å². The maximum atomic E-state index is 10.2. The number of hydrogen-bond donors (Lipinski definition) is 0. The SMILES string of the molecule is Cc1ccc2c(c1)c1ccccc1n2-c1ccc(-c2cc(-c3ccccc3-c3cccc(-c4ccccc4)n3)c(-n3c4ccccc4c4cc(C#N)ccc43)c(-n3c4ccccc4c4cc(C#N)ccc43)n2)cc1. The van der Waals surface area contributed by atoms with Crippen LogP contribution in [-0.2, 0) is 0 Å². The van der Waals surface area contributed by atoms with Gasteiger partial charge in [0.05, 0.1) is 79.1 Å². The van der Waals surface area contributed by atoms with Crippen molar-refractivity contribution in [3.63, 3.8) is 0 Å². The monoisotopic (exact) mass is 943 g/mol. The van der Waals surface area contributed by atoms with Crippen LogP contribution in [0.15, 0.2) is 231 Å². The fourth-order valence-corrected chi connectivity index (χ4v) is 11.3. The first-order chi connectivity index (χ1) is 36.5. The van der Waals surface area contributed by atoms with E-state index in [2.05, 4.69) is 209 Å². The second-order valence-electron chi connectivity index (χ2n) is 18.9. The van der Waals surface area contributed by atoms with Gasteiger partial charge in [0.15, 0.2) is 5.82 Å². The lowest BCUT2D eigenvalue weighted by Gasteiger charge is -2.23. The molecule has 0 spiro atoms. The Hall–Kier alpha value is -10.3. The molecule has 74 heavy (non-hydrogen) atoms. The Morgan fingerprint density at radius 1 is 0.338 bits per heavy atom. The second-order valence-corrected chi connectivity index (χ2v) is 18.9. The minimum Gasteiger partial charge on any atom is -0.309 e. The van der Waals surface area contributed by atoms with Crippen LogP contribution < -0.4 is 0 Å². The number of nitrogens with zero attached hydrogens (tertiary/aromatic N) is 7. The summed E-state index contributed by atoms with van der Waals surface area (Å²) in [6, 6.07) is 84.8. The van der Waals surface area contributed by atoms with Gasteiger partial charge in [0.25, 0.3) is 0 Å². The number of aromatic nitrogens is 5. The highest BCUT2D eigenvalue weighted by molar-refractivity contribution is 6.13. The Labute approximate surface area is 425 Å². The van der Waals surface area contributed by atoms with Crippen LogP contribution in [0.25, 0.3) is 128 Å². The molecule has 5 heterocycles. The van der Waals surface area contributed by atoms with Gasteiger partial charge in [-0.3, -0.25) is 4.57 Å². The van der Waals surface area contributed by atoms with Crippen LogP contribution in [-0.4, -0.2) is 23.7 Å². The van der Waals surface area contributed by atoms with Crippen molar-refractivity contribution in [2.75, 3.05) is 0 Å². The summed E-state index contributed by atoms with van der Waals surface area (Å²) in [7, 11) is 0. The predicted octanol–water partition coefficient (Wildman–Crippen LogP) is 16.5. The number of fused-ring (bicyclic) bond motifs is 9. The molecule has 0 bridgehead atoms. The predicted molar refractivity (Wildman–Crippen MR) is 301 cm³/mol. The van der Waals surface area contributed by atoms with Crippen molar-refractivity contribution in [1.29, 1.82) is 10.5 Å². The molecule has 14 aromatic rings. The smallest absolute Gasteiger partial charge is 0.163 e. The van der Waals surface area contributed by atoms with Gasteiger partial charge in [0.1, 0.15) is 0 Å². The van der Waals surface area contributed by atoms with Crippen molar-refractivity contribution < 1.29 is 0 Å². The van der Waals surface area contributed by atoms with Gasteiger partial charge in [-0.1, -0.05) is 139 Å². The van der Waals surface area contributed by atoms with E-state index in [1.807, 2.05) is 54.6 Å². The van der Waals surface area contributed by atoms with Gasteiger partial charge in [0.2, 0.25) is 0 Å². The van der Waals surface area contributed by atoms with Gasteiger partial charge in [-0.2, -0.15) is 10.5 Å². The fourth-order valence-electron chi connectivity index (χ4n) is 11.3. The number of rotatable bonds is 7. The summed E-state index contributed by atoms with van der Waals surface area (Å²) in [6.45, 7) is 2.15. The van der Waals surface area contributed by atoms with E-state index in [0.717, 1.165) is 111 Å². The lowest BCUT2D eigenvalue weighted by Crippen LogP contribution is -2.09. The molecule has 0 radical (unpaired) electrons. The molecule has 0 saturated heterocycles. The minimum atomic E-state index is 0.580. The highest BCUT2D eigenvalue weighted by Crippen LogP contribution is 2.46. The number of pyridine rings is 2. The molecule has 14 rings (SSSR count). The van der Waals surface area contributed by atoms with Crippen LogP contribution in [0.3, 0.4) is 0 Å². The average molecular weight is 944 g/mol.